The molecule has 1 saturated heterocycles. The molecule has 3 atom stereocenters. The molecule has 0 radical (unpaired) electrons. The summed E-state index contributed by atoms with van der Waals surface area (Å²) in [6, 6.07) is -0.782. The van der Waals surface area contributed by atoms with Crippen LogP contribution in [0.1, 0.15) is 32.1 Å². The van der Waals surface area contributed by atoms with Gasteiger partial charge in [-0.05, 0) is 18.8 Å². The van der Waals surface area contributed by atoms with E-state index in [1.165, 1.54) is 11.3 Å². The fraction of sp³-hybridized carbons (Fsp3) is 0.786. The van der Waals surface area contributed by atoms with E-state index in [1.54, 1.807) is 0 Å². The highest BCUT2D eigenvalue weighted by Gasteiger charge is 2.44. The first-order valence-electron chi connectivity index (χ1n) is 7.45. The minimum atomic E-state index is -5.08. The average molecular weight is 352 g/mol. The van der Waals surface area contributed by atoms with Crippen molar-refractivity contribution in [3.05, 3.63) is 0 Å². The van der Waals surface area contributed by atoms with E-state index in [9.17, 15) is 23.1 Å². The maximum absolute atomic E-state index is 11.0. The zero-order valence-electron chi connectivity index (χ0n) is 12.7. The summed E-state index contributed by atoms with van der Waals surface area (Å²) in [5, 5.41) is 34.7. The third-order valence-corrected chi connectivity index (χ3v) is 4.53. The number of carboxylic acids is 2. The molecular weight excluding hydrogens is 333 g/mol. The first-order valence-corrected chi connectivity index (χ1v) is 7.45. The number of likely N-dealkylation sites (tertiary alicyclic amines) is 1. The molecule has 1 heterocycles. The quantitative estimate of drug-likeness (QED) is 0.654. The summed E-state index contributed by atoms with van der Waals surface area (Å²) < 4.78 is 31.7. The number of aliphatic hydroxyl groups is 1. The third kappa shape index (κ3) is 4.74. The molecular formula is C14H19F3N2O5. The molecule has 0 aromatic carbocycles. The smallest absolute Gasteiger partial charge is 0.480 e. The van der Waals surface area contributed by atoms with Crippen molar-refractivity contribution in [2.75, 3.05) is 6.61 Å². The Morgan fingerprint density at radius 2 is 1.75 bits per heavy atom. The molecule has 24 heavy (non-hydrogen) atoms. The zero-order valence-corrected chi connectivity index (χ0v) is 12.7. The molecule has 3 unspecified atom stereocenters. The number of hydrogen-bond acceptors (Lipinski definition) is 5. The van der Waals surface area contributed by atoms with Crippen LogP contribution in [0.4, 0.5) is 13.2 Å². The Kier molecular flexibility index (Phi) is 6.83. The molecule has 2 fully saturated rings. The lowest BCUT2D eigenvalue weighted by atomic mass is 9.72. The molecule has 0 amide bonds. The van der Waals surface area contributed by atoms with Gasteiger partial charge >= 0.3 is 18.1 Å². The van der Waals surface area contributed by atoms with E-state index in [4.69, 9.17) is 20.3 Å². The van der Waals surface area contributed by atoms with Crippen molar-refractivity contribution in [2.24, 2.45) is 11.8 Å². The maximum atomic E-state index is 11.0. The topological polar surface area (TPSA) is 122 Å². The van der Waals surface area contributed by atoms with Gasteiger partial charge in [0.1, 0.15) is 6.04 Å². The number of carbonyl (C=O) groups is 2. The van der Waals surface area contributed by atoms with Crippen LogP contribution in [0.25, 0.3) is 0 Å². The summed E-state index contributed by atoms with van der Waals surface area (Å²) in [4.78, 5) is 21.3. The predicted molar refractivity (Wildman–Crippen MR) is 73.5 cm³/mol. The van der Waals surface area contributed by atoms with E-state index >= 15 is 0 Å². The van der Waals surface area contributed by atoms with Crippen LogP contribution in [0.3, 0.4) is 0 Å². The van der Waals surface area contributed by atoms with Gasteiger partial charge in [-0.15, -0.1) is 0 Å². The molecule has 0 aromatic rings. The summed E-state index contributed by atoms with van der Waals surface area (Å²) in [7, 11) is 0. The van der Waals surface area contributed by atoms with Gasteiger partial charge in [0.25, 0.3) is 0 Å². The standard InChI is InChI=1S/C12H18N2O3.C2HF3O2/c13-7-14-10(4-5-11(14)12(16)17)9(6-15)8-2-1-3-8;3-2(4,5)1(6)7/h8-11,15H,1-6H2,(H,16,17);(H,6,7). The van der Waals surface area contributed by atoms with Crippen molar-refractivity contribution in [1.29, 1.82) is 5.26 Å². The SMILES string of the molecule is N#CN1C(C(=O)O)CCC1C(CO)C1CCC1.O=C(O)C(F)(F)F. The van der Waals surface area contributed by atoms with Crippen molar-refractivity contribution in [2.45, 2.75) is 50.4 Å². The third-order valence-electron chi connectivity index (χ3n) is 4.53. The lowest BCUT2D eigenvalue weighted by Gasteiger charge is -2.38. The number of halogens is 3. The number of carboxylic acid groups (broad SMARTS) is 2. The van der Waals surface area contributed by atoms with Crippen LogP contribution in [0, 0.1) is 23.3 Å². The van der Waals surface area contributed by atoms with Gasteiger partial charge in [-0.2, -0.15) is 18.4 Å². The van der Waals surface area contributed by atoms with Crippen molar-refractivity contribution >= 4 is 11.9 Å². The highest BCUT2D eigenvalue weighted by atomic mass is 19.4. The molecule has 1 aliphatic heterocycles. The fourth-order valence-corrected chi connectivity index (χ4v) is 3.10. The summed E-state index contributed by atoms with van der Waals surface area (Å²) in [6.45, 7) is 0.0554. The first kappa shape index (κ1) is 20.0. The second-order valence-electron chi connectivity index (χ2n) is 5.85. The highest BCUT2D eigenvalue weighted by Crippen LogP contribution is 2.40. The van der Waals surface area contributed by atoms with E-state index in [0.29, 0.717) is 18.8 Å². The minimum absolute atomic E-state index is 0.0554. The molecule has 1 aliphatic carbocycles. The molecule has 136 valence electrons. The zero-order chi connectivity index (χ0) is 18.5. The molecule has 1 saturated carbocycles. The lowest BCUT2D eigenvalue weighted by Crippen LogP contribution is -2.45. The van der Waals surface area contributed by atoms with Gasteiger partial charge in [0.15, 0.2) is 6.19 Å². The Balaban J connectivity index is 0.000000351. The number of aliphatic hydroxyl groups excluding tert-OH is 1. The van der Waals surface area contributed by atoms with Crippen LogP contribution < -0.4 is 0 Å². The van der Waals surface area contributed by atoms with E-state index in [-0.39, 0.29) is 18.6 Å². The number of alkyl halides is 3. The molecule has 7 nitrogen and oxygen atoms in total. The van der Waals surface area contributed by atoms with Gasteiger partial charge in [-0.3, -0.25) is 4.90 Å². The van der Waals surface area contributed by atoms with Crippen molar-refractivity contribution < 1.29 is 38.1 Å². The van der Waals surface area contributed by atoms with Crippen LogP contribution in [0.5, 0.6) is 0 Å². The molecule has 2 aliphatic rings. The van der Waals surface area contributed by atoms with Crippen molar-refractivity contribution in [3.8, 4) is 6.19 Å². The van der Waals surface area contributed by atoms with Crippen molar-refractivity contribution in [1.82, 2.24) is 4.90 Å². The number of nitrogens with zero attached hydrogens (tertiary/aromatic N) is 2. The van der Waals surface area contributed by atoms with E-state index in [2.05, 4.69) is 0 Å². The van der Waals surface area contributed by atoms with E-state index in [0.717, 1.165) is 12.8 Å². The van der Waals surface area contributed by atoms with E-state index < -0.39 is 24.2 Å². The van der Waals surface area contributed by atoms with Crippen molar-refractivity contribution in [3.63, 3.8) is 0 Å². The summed E-state index contributed by atoms with van der Waals surface area (Å²) >= 11 is 0. The normalized spacial score (nSPS) is 25.0. The van der Waals surface area contributed by atoms with Gasteiger partial charge in [-0.1, -0.05) is 19.3 Å². The van der Waals surface area contributed by atoms with Gasteiger partial charge in [0, 0.05) is 18.6 Å². The first-order chi connectivity index (χ1) is 11.1. The number of rotatable bonds is 4. The van der Waals surface area contributed by atoms with Crippen LogP contribution in [-0.4, -0.2) is 57.0 Å². The summed E-state index contributed by atoms with van der Waals surface area (Å²) in [5.41, 5.74) is 0. The van der Waals surface area contributed by atoms with Gasteiger partial charge in [0.05, 0.1) is 0 Å². The molecule has 0 aromatic heterocycles. The van der Waals surface area contributed by atoms with Crippen LogP contribution in [0.2, 0.25) is 0 Å². The van der Waals surface area contributed by atoms with Gasteiger partial charge in [0.2, 0.25) is 0 Å². The monoisotopic (exact) mass is 352 g/mol. The second-order valence-corrected chi connectivity index (χ2v) is 5.85. The lowest BCUT2D eigenvalue weighted by molar-refractivity contribution is -0.192. The number of aliphatic carboxylic acids is 2. The number of hydrogen-bond donors (Lipinski definition) is 3. The Morgan fingerprint density at radius 1 is 1.21 bits per heavy atom. The highest BCUT2D eigenvalue weighted by molar-refractivity contribution is 5.74. The van der Waals surface area contributed by atoms with Crippen LogP contribution in [0.15, 0.2) is 0 Å². The average Bonchev–Trinajstić information content (AvgIpc) is 2.85. The summed E-state index contributed by atoms with van der Waals surface area (Å²) in [6.07, 6.45) is 1.51. The molecule has 0 bridgehead atoms. The minimum Gasteiger partial charge on any atom is -0.480 e. The molecule has 0 spiro atoms. The Labute approximate surface area is 136 Å². The second kappa shape index (κ2) is 8.19. The Hall–Kier alpha value is -2.02. The van der Waals surface area contributed by atoms with Crippen LogP contribution in [-0.2, 0) is 9.59 Å². The maximum Gasteiger partial charge on any atom is 0.490 e. The fourth-order valence-electron chi connectivity index (χ4n) is 3.10. The Bertz CT molecular complexity index is 502. The molecule has 10 heteroatoms. The van der Waals surface area contributed by atoms with Gasteiger partial charge in [-0.25, -0.2) is 9.59 Å². The number of nitriles is 1. The summed E-state index contributed by atoms with van der Waals surface area (Å²) in [5.74, 6) is -3.16. The predicted octanol–water partition coefficient (Wildman–Crippen LogP) is 1.43. The van der Waals surface area contributed by atoms with E-state index in [1.807, 2.05) is 6.19 Å². The Morgan fingerprint density at radius 3 is 2.04 bits per heavy atom. The molecule has 3 N–H and O–H groups in total. The largest absolute Gasteiger partial charge is 0.490 e. The molecule has 2 rings (SSSR count). The van der Waals surface area contributed by atoms with Gasteiger partial charge < -0.3 is 15.3 Å². The van der Waals surface area contributed by atoms with Crippen LogP contribution >= 0.6 is 0 Å².